The number of imide groups is 1. The number of fused-ring (bicyclic) bond motifs is 2. The Kier molecular flexibility index (Phi) is 4.90. The van der Waals surface area contributed by atoms with Crippen LogP contribution < -0.4 is 4.90 Å². The fourth-order valence-corrected chi connectivity index (χ4v) is 3.78. The van der Waals surface area contributed by atoms with Crippen LogP contribution in [0.1, 0.15) is 43.1 Å². The first kappa shape index (κ1) is 20.8. The molecule has 3 aromatic rings. The van der Waals surface area contributed by atoms with Gasteiger partial charge in [0.05, 0.1) is 12.1 Å². The number of ether oxygens (including phenoxy) is 1. The van der Waals surface area contributed by atoms with Crippen molar-refractivity contribution in [3.8, 4) is 0 Å². The molecule has 0 saturated carbocycles. The molecule has 0 radical (unpaired) electrons. The first-order valence-corrected chi connectivity index (χ1v) is 10.0. The number of hydrogen-bond acceptors (Lipinski definition) is 5. The van der Waals surface area contributed by atoms with Crippen LogP contribution in [0.5, 0.6) is 0 Å². The highest BCUT2D eigenvalue weighted by atomic mass is 16.6. The van der Waals surface area contributed by atoms with E-state index in [0.717, 1.165) is 15.7 Å². The number of hydrogen-bond donors (Lipinski definition) is 1. The summed E-state index contributed by atoms with van der Waals surface area (Å²) in [5.74, 6) is -1.29. The molecule has 31 heavy (non-hydrogen) atoms. The fraction of sp³-hybridized carbons (Fsp3) is 0.240. The number of rotatable bonds is 3. The van der Waals surface area contributed by atoms with E-state index >= 15 is 0 Å². The maximum Gasteiger partial charge on any atom is 0.421 e. The topological polar surface area (TPSA) is 83.9 Å². The van der Waals surface area contributed by atoms with Crippen molar-refractivity contribution in [2.24, 2.45) is 0 Å². The van der Waals surface area contributed by atoms with Crippen molar-refractivity contribution >= 4 is 34.2 Å². The lowest BCUT2D eigenvalue weighted by atomic mass is 9.88. The van der Waals surface area contributed by atoms with Crippen LogP contribution in [0, 0.1) is 0 Å². The van der Waals surface area contributed by atoms with E-state index in [2.05, 4.69) is 0 Å². The molecule has 1 N–H and O–H groups in total. The highest BCUT2D eigenvalue weighted by Crippen LogP contribution is 2.43. The van der Waals surface area contributed by atoms with Gasteiger partial charge in [0.2, 0.25) is 0 Å². The molecule has 0 fully saturated rings. The van der Waals surface area contributed by atoms with E-state index in [4.69, 9.17) is 4.74 Å². The van der Waals surface area contributed by atoms with Gasteiger partial charge in [-0.1, -0.05) is 54.6 Å². The molecule has 0 aliphatic carbocycles. The van der Waals surface area contributed by atoms with E-state index < -0.39 is 35.4 Å². The van der Waals surface area contributed by atoms with Gasteiger partial charge in [-0.05, 0) is 43.7 Å². The summed E-state index contributed by atoms with van der Waals surface area (Å²) in [7, 11) is 0. The molecule has 0 unspecified atom stereocenters. The van der Waals surface area contributed by atoms with Gasteiger partial charge >= 0.3 is 6.09 Å². The van der Waals surface area contributed by atoms with Gasteiger partial charge in [-0.25, -0.2) is 9.69 Å². The molecule has 0 bridgehead atoms. The van der Waals surface area contributed by atoms with Crippen LogP contribution >= 0.6 is 0 Å². The largest absolute Gasteiger partial charge is 0.443 e. The Bertz CT molecular complexity index is 1210. The summed E-state index contributed by atoms with van der Waals surface area (Å²) in [6, 6.07) is 19.2. The lowest BCUT2D eigenvalue weighted by Gasteiger charge is -2.25. The van der Waals surface area contributed by atoms with Gasteiger partial charge in [-0.3, -0.25) is 9.59 Å². The second kappa shape index (κ2) is 7.32. The Morgan fingerprint density at radius 3 is 2.32 bits per heavy atom. The van der Waals surface area contributed by atoms with Crippen molar-refractivity contribution < 1.29 is 24.2 Å². The Labute approximate surface area is 180 Å². The van der Waals surface area contributed by atoms with E-state index in [1.165, 1.54) is 0 Å². The molecule has 0 saturated heterocycles. The fourth-order valence-electron chi connectivity index (χ4n) is 3.78. The van der Waals surface area contributed by atoms with Crippen molar-refractivity contribution in [3.05, 3.63) is 77.9 Å². The second-order valence-corrected chi connectivity index (χ2v) is 8.66. The molecule has 6 nitrogen and oxygen atoms in total. The average Bonchev–Trinajstić information content (AvgIpc) is 2.93. The van der Waals surface area contributed by atoms with E-state index in [9.17, 15) is 19.5 Å². The zero-order chi connectivity index (χ0) is 22.4. The first-order valence-electron chi connectivity index (χ1n) is 10.0. The van der Waals surface area contributed by atoms with E-state index in [0.29, 0.717) is 5.56 Å². The van der Waals surface area contributed by atoms with Crippen molar-refractivity contribution in [1.29, 1.82) is 0 Å². The zero-order valence-electron chi connectivity index (χ0n) is 17.6. The van der Waals surface area contributed by atoms with Crippen LogP contribution in [-0.2, 0) is 15.1 Å². The van der Waals surface area contributed by atoms with Crippen LogP contribution in [0.4, 0.5) is 10.5 Å². The van der Waals surface area contributed by atoms with Crippen LogP contribution in [-0.4, -0.2) is 28.5 Å². The molecule has 1 atom stereocenters. The Morgan fingerprint density at radius 1 is 0.968 bits per heavy atom. The number of carbonyl (C=O) groups excluding carboxylic acids is 3. The standard InChI is InChI=1S/C25H23NO5/c1-24(2,3)31-23(29)26-20-11-7-6-10-19(20)25(30,22(26)28)15-21(27)18-13-12-16-8-4-5-9-17(16)14-18/h4-14,30H,15H2,1-3H3/t25-/m1/s1. The highest BCUT2D eigenvalue weighted by molar-refractivity contribution is 6.21. The third-order valence-corrected chi connectivity index (χ3v) is 5.21. The van der Waals surface area contributed by atoms with Crippen molar-refractivity contribution in [3.63, 3.8) is 0 Å². The van der Waals surface area contributed by atoms with Crippen LogP contribution in [0.15, 0.2) is 66.7 Å². The number of nitrogens with zero attached hydrogens (tertiary/aromatic N) is 1. The molecule has 0 spiro atoms. The van der Waals surface area contributed by atoms with Gasteiger partial charge in [-0.2, -0.15) is 0 Å². The molecular weight excluding hydrogens is 394 g/mol. The minimum Gasteiger partial charge on any atom is -0.443 e. The third kappa shape index (κ3) is 3.70. The third-order valence-electron chi connectivity index (χ3n) is 5.21. The predicted octanol–water partition coefficient (Wildman–Crippen LogP) is 4.58. The van der Waals surface area contributed by atoms with Gasteiger partial charge in [0, 0.05) is 11.1 Å². The normalized spacial score (nSPS) is 18.2. The number of benzene rings is 3. The molecule has 4 rings (SSSR count). The summed E-state index contributed by atoms with van der Waals surface area (Å²) < 4.78 is 5.35. The van der Waals surface area contributed by atoms with E-state index in [-0.39, 0.29) is 11.3 Å². The molecular formula is C25H23NO5. The summed E-state index contributed by atoms with van der Waals surface area (Å²) in [6.45, 7) is 5.06. The monoisotopic (exact) mass is 417 g/mol. The summed E-state index contributed by atoms with van der Waals surface area (Å²) in [5, 5.41) is 13.2. The summed E-state index contributed by atoms with van der Waals surface area (Å²) >= 11 is 0. The number of Topliss-reactive ketones (excluding diaryl/α,β-unsaturated/α-hetero) is 1. The van der Waals surface area contributed by atoms with Crippen molar-refractivity contribution in [2.45, 2.75) is 38.4 Å². The predicted molar refractivity (Wildman–Crippen MR) is 117 cm³/mol. The van der Waals surface area contributed by atoms with Crippen molar-refractivity contribution in [2.75, 3.05) is 4.90 Å². The Hall–Kier alpha value is -3.51. The zero-order valence-corrected chi connectivity index (χ0v) is 17.6. The van der Waals surface area contributed by atoms with E-state index in [1.807, 2.05) is 30.3 Å². The van der Waals surface area contributed by atoms with E-state index in [1.54, 1.807) is 57.2 Å². The number of aliphatic hydroxyl groups is 1. The molecule has 3 aromatic carbocycles. The van der Waals surface area contributed by atoms with Crippen molar-refractivity contribution in [1.82, 2.24) is 0 Å². The summed E-state index contributed by atoms with van der Waals surface area (Å²) in [6.07, 6.45) is -1.38. The molecule has 1 aliphatic heterocycles. The maximum atomic E-state index is 13.2. The molecule has 1 aliphatic rings. The lowest BCUT2D eigenvalue weighted by Crippen LogP contribution is -2.46. The molecule has 6 heteroatoms. The summed E-state index contributed by atoms with van der Waals surface area (Å²) in [4.78, 5) is 39.8. The molecule has 0 aromatic heterocycles. The van der Waals surface area contributed by atoms with Gasteiger partial charge in [0.25, 0.3) is 5.91 Å². The Balaban J connectivity index is 1.69. The van der Waals surface area contributed by atoms with Crippen LogP contribution in [0.25, 0.3) is 10.8 Å². The number of para-hydroxylation sites is 1. The average molecular weight is 417 g/mol. The molecule has 158 valence electrons. The quantitative estimate of drug-likeness (QED) is 0.631. The number of anilines is 1. The first-order chi connectivity index (χ1) is 14.6. The lowest BCUT2D eigenvalue weighted by molar-refractivity contribution is -0.135. The molecule has 2 amide bonds. The maximum absolute atomic E-state index is 13.2. The van der Waals surface area contributed by atoms with Gasteiger partial charge < -0.3 is 9.84 Å². The smallest absolute Gasteiger partial charge is 0.421 e. The van der Waals surface area contributed by atoms with Crippen LogP contribution in [0.2, 0.25) is 0 Å². The minimum atomic E-state index is -2.16. The molecule has 1 heterocycles. The SMILES string of the molecule is CC(C)(C)OC(=O)N1C(=O)[C@@](O)(CC(=O)c2ccc3ccccc3c2)c2ccccc21. The second-order valence-electron chi connectivity index (χ2n) is 8.66. The number of amides is 2. The van der Waals surface area contributed by atoms with Gasteiger partial charge in [0.1, 0.15) is 5.60 Å². The highest BCUT2D eigenvalue weighted by Gasteiger charge is 2.53. The summed E-state index contributed by atoms with van der Waals surface area (Å²) in [5.41, 5.74) is -2.17. The Morgan fingerprint density at radius 2 is 1.61 bits per heavy atom. The number of ketones is 1. The minimum absolute atomic E-state index is 0.208. The van der Waals surface area contributed by atoms with Gasteiger partial charge in [0.15, 0.2) is 11.4 Å². The van der Waals surface area contributed by atoms with Gasteiger partial charge in [-0.15, -0.1) is 0 Å². The number of carbonyl (C=O) groups is 3. The van der Waals surface area contributed by atoms with Crippen LogP contribution in [0.3, 0.4) is 0 Å².